The summed E-state index contributed by atoms with van der Waals surface area (Å²) in [6, 6.07) is 9.25. The molecule has 6 heteroatoms. The molecule has 1 unspecified atom stereocenters. The van der Waals surface area contributed by atoms with Crippen LogP contribution in [-0.4, -0.2) is 30.2 Å². The molecule has 5 nitrogen and oxygen atoms in total. The minimum absolute atomic E-state index is 0.211. The van der Waals surface area contributed by atoms with Crippen LogP contribution in [0.15, 0.2) is 34.9 Å². The average molecular weight is 306 g/mol. The molecular formula is C15H16ClN3O2. The number of benzene rings is 1. The lowest BCUT2D eigenvalue weighted by Crippen LogP contribution is -2.37. The lowest BCUT2D eigenvalue weighted by Gasteiger charge is -2.09. The molecule has 1 saturated heterocycles. The third-order valence-electron chi connectivity index (χ3n) is 3.53. The summed E-state index contributed by atoms with van der Waals surface area (Å²) in [5.41, 5.74) is 1.42. The first-order valence-corrected chi connectivity index (χ1v) is 7.34. The number of hydrogen-bond donors (Lipinski definition) is 2. The summed E-state index contributed by atoms with van der Waals surface area (Å²) in [4.78, 5) is 12.0. The minimum Gasteiger partial charge on any atom is -0.350 e. The maximum absolute atomic E-state index is 12.0. The molecule has 0 saturated carbocycles. The van der Waals surface area contributed by atoms with Gasteiger partial charge in [0.1, 0.15) is 5.69 Å². The molecule has 1 aliphatic heterocycles. The summed E-state index contributed by atoms with van der Waals surface area (Å²) in [5.74, 6) is -0.0348. The van der Waals surface area contributed by atoms with E-state index in [-0.39, 0.29) is 11.7 Å². The zero-order valence-electron chi connectivity index (χ0n) is 11.4. The van der Waals surface area contributed by atoms with Gasteiger partial charge in [-0.25, -0.2) is 0 Å². The number of aromatic nitrogens is 1. The second-order valence-electron chi connectivity index (χ2n) is 5.09. The van der Waals surface area contributed by atoms with Gasteiger partial charge >= 0.3 is 0 Å². The highest BCUT2D eigenvalue weighted by Gasteiger charge is 2.18. The summed E-state index contributed by atoms with van der Waals surface area (Å²) in [5, 5.41) is 10.7. The topological polar surface area (TPSA) is 67.2 Å². The largest absolute Gasteiger partial charge is 0.350 e. The van der Waals surface area contributed by atoms with E-state index in [4.69, 9.17) is 16.1 Å². The van der Waals surface area contributed by atoms with E-state index in [1.54, 1.807) is 18.2 Å². The molecule has 0 spiro atoms. The number of hydrogen-bond acceptors (Lipinski definition) is 4. The van der Waals surface area contributed by atoms with Crippen molar-refractivity contribution in [2.24, 2.45) is 0 Å². The Morgan fingerprint density at radius 2 is 2.38 bits per heavy atom. The first-order chi connectivity index (χ1) is 10.2. The van der Waals surface area contributed by atoms with Gasteiger partial charge in [0.25, 0.3) is 5.91 Å². The van der Waals surface area contributed by atoms with Gasteiger partial charge in [-0.05, 0) is 31.5 Å². The van der Waals surface area contributed by atoms with E-state index in [0.29, 0.717) is 23.3 Å². The molecule has 1 amide bonds. The predicted octanol–water partition coefficient (Wildman–Crippen LogP) is 2.48. The molecule has 110 valence electrons. The van der Waals surface area contributed by atoms with Crippen LogP contribution in [0.25, 0.3) is 11.3 Å². The molecule has 2 heterocycles. The van der Waals surface area contributed by atoms with Crippen molar-refractivity contribution >= 4 is 17.5 Å². The van der Waals surface area contributed by atoms with Crippen LogP contribution in [-0.2, 0) is 0 Å². The normalized spacial score (nSPS) is 17.9. The van der Waals surface area contributed by atoms with Crippen LogP contribution in [0.3, 0.4) is 0 Å². The Morgan fingerprint density at radius 3 is 3.14 bits per heavy atom. The summed E-state index contributed by atoms with van der Waals surface area (Å²) < 4.78 is 5.11. The van der Waals surface area contributed by atoms with Crippen LogP contribution in [0.5, 0.6) is 0 Å². The van der Waals surface area contributed by atoms with Gasteiger partial charge in [0, 0.05) is 29.2 Å². The Labute approximate surface area is 127 Å². The summed E-state index contributed by atoms with van der Waals surface area (Å²) in [7, 11) is 0. The molecule has 2 N–H and O–H groups in total. The quantitative estimate of drug-likeness (QED) is 0.910. The van der Waals surface area contributed by atoms with Crippen LogP contribution in [0.2, 0.25) is 5.02 Å². The Kier molecular flexibility index (Phi) is 4.22. The van der Waals surface area contributed by atoms with Crippen molar-refractivity contribution in [3.05, 3.63) is 41.1 Å². The van der Waals surface area contributed by atoms with Gasteiger partial charge in [0.05, 0.1) is 0 Å². The Morgan fingerprint density at radius 1 is 1.48 bits per heavy atom. The van der Waals surface area contributed by atoms with Crippen molar-refractivity contribution in [3.8, 4) is 11.3 Å². The van der Waals surface area contributed by atoms with E-state index in [0.717, 1.165) is 24.9 Å². The Balaban J connectivity index is 1.65. The van der Waals surface area contributed by atoms with Crippen molar-refractivity contribution in [1.29, 1.82) is 0 Å². The number of carbonyl (C=O) groups excluding carboxylic acids is 1. The molecule has 0 bridgehead atoms. The van der Waals surface area contributed by atoms with E-state index in [2.05, 4.69) is 15.8 Å². The smallest absolute Gasteiger partial charge is 0.289 e. The lowest BCUT2D eigenvalue weighted by atomic mass is 10.1. The molecule has 1 fully saturated rings. The molecular weight excluding hydrogens is 290 g/mol. The maximum Gasteiger partial charge on any atom is 0.289 e. The van der Waals surface area contributed by atoms with Gasteiger partial charge in [0.2, 0.25) is 5.76 Å². The van der Waals surface area contributed by atoms with Gasteiger partial charge in [0.15, 0.2) is 0 Å². The Hall–Kier alpha value is -1.85. The summed E-state index contributed by atoms with van der Waals surface area (Å²) in [6.45, 7) is 1.62. The van der Waals surface area contributed by atoms with E-state index in [1.807, 2.05) is 12.1 Å². The summed E-state index contributed by atoms with van der Waals surface area (Å²) >= 11 is 5.94. The Bertz CT molecular complexity index is 635. The van der Waals surface area contributed by atoms with E-state index in [1.165, 1.54) is 0 Å². The second-order valence-corrected chi connectivity index (χ2v) is 5.53. The van der Waals surface area contributed by atoms with Crippen molar-refractivity contribution in [2.75, 3.05) is 13.1 Å². The molecule has 0 radical (unpaired) electrons. The number of nitrogens with zero attached hydrogens (tertiary/aromatic N) is 1. The first-order valence-electron chi connectivity index (χ1n) is 6.96. The summed E-state index contributed by atoms with van der Waals surface area (Å²) in [6.07, 6.45) is 2.24. The number of halogens is 1. The van der Waals surface area contributed by atoms with Crippen LogP contribution in [0.4, 0.5) is 0 Å². The van der Waals surface area contributed by atoms with Gasteiger partial charge < -0.3 is 15.2 Å². The van der Waals surface area contributed by atoms with Gasteiger partial charge in [-0.15, -0.1) is 0 Å². The fourth-order valence-corrected chi connectivity index (χ4v) is 2.59. The number of rotatable bonds is 4. The average Bonchev–Trinajstić information content (AvgIpc) is 3.16. The molecule has 1 atom stereocenters. The van der Waals surface area contributed by atoms with Crippen molar-refractivity contribution < 1.29 is 9.32 Å². The molecule has 1 aliphatic rings. The van der Waals surface area contributed by atoms with Crippen LogP contribution in [0.1, 0.15) is 23.4 Å². The molecule has 1 aromatic heterocycles. The predicted molar refractivity (Wildman–Crippen MR) is 80.3 cm³/mol. The SMILES string of the molecule is O=C(NCC1CCCN1)c1cc(-c2cccc(Cl)c2)no1. The van der Waals surface area contributed by atoms with Crippen LogP contribution < -0.4 is 10.6 Å². The monoisotopic (exact) mass is 305 g/mol. The zero-order valence-corrected chi connectivity index (χ0v) is 12.2. The lowest BCUT2D eigenvalue weighted by molar-refractivity contribution is 0.0913. The highest BCUT2D eigenvalue weighted by atomic mass is 35.5. The first kappa shape index (κ1) is 14.1. The maximum atomic E-state index is 12.0. The van der Waals surface area contributed by atoms with Crippen LogP contribution >= 0.6 is 11.6 Å². The molecule has 0 aliphatic carbocycles. The third kappa shape index (κ3) is 3.43. The molecule has 3 rings (SSSR count). The minimum atomic E-state index is -0.246. The van der Waals surface area contributed by atoms with Crippen LogP contribution in [0, 0.1) is 0 Å². The van der Waals surface area contributed by atoms with Crippen molar-refractivity contribution in [2.45, 2.75) is 18.9 Å². The fourth-order valence-electron chi connectivity index (χ4n) is 2.40. The number of carbonyl (C=O) groups is 1. The standard InChI is InChI=1S/C15H16ClN3O2/c16-11-4-1-3-10(7-11)13-8-14(21-19-13)15(20)18-9-12-5-2-6-17-12/h1,3-4,7-8,12,17H,2,5-6,9H2,(H,18,20). The van der Waals surface area contributed by atoms with E-state index >= 15 is 0 Å². The molecule has 21 heavy (non-hydrogen) atoms. The van der Waals surface area contributed by atoms with E-state index in [9.17, 15) is 4.79 Å². The third-order valence-corrected chi connectivity index (χ3v) is 3.76. The van der Waals surface area contributed by atoms with Gasteiger partial charge in [-0.3, -0.25) is 4.79 Å². The highest BCUT2D eigenvalue weighted by molar-refractivity contribution is 6.30. The van der Waals surface area contributed by atoms with Gasteiger partial charge in [-0.1, -0.05) is 28.9 Å². The second kappa shape index (κ2) is 6.28. The van der Waals surface area contributed by atoms with Crippen molar-refractivity contribution in [3.63, 3.8) is 0 Å². The molecule has 2 aromatic rings. The number of nitrogens with one attached hydrogen (secondary N) is 2. The fraction of sp³-hybridized carbons (Fsp3) is 0.333. The zero-order chi connectivity index (χ0) is 14.7. The molecule has 1 aromatic carbocycles. The van der Waals surface area contributed by atoms with E-state index < -0.39 is 0 Å². The number of amides is 1. The van der Waals surface area contributed by atoms with Gasteiger partial charge in [-0.2, -0.15) is 0 Å². The highest BCUT2D eigenvalue weighted by Crippen LogP contribution is 2.22. The van der Waals surface area contributed by atoms with Crippen molar-refractivity contribution in [1.82, 2.24) is 15.8 Å².